The van der Waals surface area contributed by atoms with E-state index in [1.165, 1.54) is 6.92 Å². The predicted molar refractivity (Wildman–Crippen MR) is 142 cm³/mol. The van der Waals surface area contributed by atoms with E-state index in [1.807, 2.05) is 18.2 Å². The molecule has 2 fully saturated rings. The van der Waals surface area contributed by atoms with Crippen LogP contribution in [-0.2, 0) is 14.0 Å². The first-order valence-corrected chi connectivity index (χ1v) is 16.1. The SMILES string of the molecule is CC(=O)Nc1ccn([C@@H]2O[C@@]3(CCC[C@@H]3O[Si](C)(C)C(C)(C)C)C[C@H]2Sc2ccccc2)c(=O)n1. The van der Waals surface area contributed by atoms with Crippen molar-refractivity contribution in [3.8, 4) is 0 Å². The minimum Gasteiger partial charge on any atom is -0.411 e. The van der Waals surface area contributed by atoms with E-state index in [0.717, 1.165) is 30.6 Å². The molecule has 1 N–H and O–H groups in total. The van der Waals surface area contributed by atoms with Crippen LogP contribution in [0.15, 0.2) is 52.3 Å². The van der Waals surface area contributed by atoms with Gasteiger partial charge in [0.2, 0.25) is 5.91 Å². The number of nitrogens with zero attached hydrogens (tertiary/aromatic N) is 2. The molecule has 1 aliphatic carbocycles. The van der Waals surface area contributed by atoms with Crippen LogP contribution in [0.5, 0.6) is 0 Å². The average molecular weight is 516 g/mol. The van der Waals surface area contributed by atoms with Gasteiger partial charge in [0, 0.05) is 18.0 Å². The van der Waals surface area contributed by atoms with Crippen LogP contribution in [0.3, 0.4) is 0 Å². The van der Waals surface area contributed by atoms with Crippen molar-refractivity contribution in [3.63, 3.8) is 0 Å². The number of carbonyl (C=O) groups excluding carboxylic acids is 1. The van der Waals surface area contributed by atoms with Crippen LogP contribution in [0, 0.1) is 0 Å². The largest absolute Gasteiger partial charge is 0.411 e. The molecule has 4 rings (SSSR count). The third-order valence-electron chi connectivity index (χ3n) is 7.56. The van der Waals surface area contributed by atoms with Crippen LogP contribution in [0.1, 0.15) is 59.6 Å². The molecule has 1 saturated heterocycles. The lowest BCUT2D eigenvalue weighted by atomic mass is 9.96. The van der Waals surface area contributed by atoms with Crippen LogP contribution >= 0.6 is 11.8 Å². The maximum absolute atomic E-state index is 13.0. The van der Waals surface area contributed by atoms with Gasteiger partial charge in [-0.15, -0.1) is 11.8 Å². The lowest BCUT2D eigenvalue weighted by Gasteiger charge is -2.42. The highest BCUT2D eigenvalue weighted by molar-refractivity contribution is 8.00. The first kappa shape index (κ1) is 26.1. The first-order valence-electron chi connectivity index (χ1n) is 12.3. The number of benzene rings is 1. The van der Waals surface area contributed by atoms with Gasteiger partial charge in [-0.2, -0.15) is 4.98 Å². The molecule has 9 heteroatoms. The fourth-order valence-corrected chi connectivity index (χ4v) is 7.48. The molecule has 2 aromatic rings. The monoisotopic (exact) mass is 515 g/mol. The number of hydrogen-bond donors (Lipinski definition) is 1. The fourth-order valence-electron chi connectivity index (χ4n) is 4.75. The number of rotatable bonds is 6. The summed E-state index contributed by atoms with van der Waals surface area (Å²) in [6.07, 6.45) is 4.95. The zero-order chi connectivity index (χ0) is 25.4. The van der Waals surface area contributed by atoms with E-state index in [0.29, 0.717) is 0 Å². The van der Waals surface area contributed by atoms with Gasteiger partial charge in [0.05, 0.1) is 17.0 Å². The maximum atomic E-state index is 13.0. The van der Waals surface area contributed by atoms with Crippen LogP contribution in [0.4, 0.5) is 5.82 Å². The van der Waals surface area contributed by atoms with Crippen LogP contribution in [0.2, 0.25) is 18.1 Å². The summed E-state index contributed by atoms with van der Waals surface area (Å²) in [5, 5.41) is 2.71. The molecule has 2 aliphatic rings. The van der Waals surface area contributed by atoms with Gasteiger partial charge in [-0.1, -0.05) is 39.0 Å². The summed E-state index contributed by atoms with van der Waals surface area (Å²) in [5.41, 5.74) is -0.862. The average Bonchev–Trinajstić information content (AvgIpc) is 3.30. The lowest BCUT2D eigenvalue weighted by Crippen LogP contribution is -2.50. The summed E-state index contributed by atoms with van der Waals surface area (Å²) in [7, 11) is -2.00. The fraction of sp³-hybridized carbons (Fsp3) is 0.577. The molecule has 1 amide bonds. The molecule has 7 nitrogen and oxygen atoms in total. The molecule has 190 valence electrons. The van der Waals surface area contributed by atoms with Gasteiger partial charge >= 0.3 is 5.69 Å². The number of amides is 1. The number of ether oxygens (including phenoxy) is 1. The summed E-state index contributed by atoms with van der Waals surface area (Å²) in [5.74, 6) is -0.0152. The molecule has 0 unspecified atom stereocenters. The highest BCUT2D eigenvalue weighted by Crippen LogP contribution is 2.54. The molecule has 1 saturated carbocycles. The van der Waals surface area contributed by atoms with Crippen molar-refractivity contribution in [1.29, 1.82) is 0 Å². The van der Waals surface area contributed by atoms with Crippen LogP contribution in [-0.4, -0.2) is 40.7 Å². The normalized spacial score (nSPS) is 26.9. The summed E-state index contributed by atoms with van der Waals surface area (Å²) in [6, 6.07) is 11.9. The maximum Gasteiger partial charge on any atom is 0.351 e. The van der Waals surface area contributed by atoms with E-state index >= 15 is 0 Å². The second kappa shape index (κ2) is 9.84. The molecule has 1 aliphatic heterocycles. The molecule has 1 spiro atoms. The molecule has 0 bridgehead atoms. The quantitative estimate of drug-likeness (QED) is 0.505. The van der Waals surface area contributed by atoms with Crippen LogP contribution < -0.4 is 11.0 Å². The Kier molecular flexibility index (Phi) is 7.35. The number of anilines is 1. The smallest absolute Gasteiger partial charge is 0.351 e. The highest BCUT2D eigenvalue weighted by Gasteiger charge is 2.57. The van der Waals surface area contributed by atoms with Gasteiger partial charge in [-0.25, -0.2) is 4.79 Å². The molecule has 0 radical (unpaired) electrons. The van der Waals surface area contributed by atoms with Crippen LogP contribution in [0.25, 0.3) is 0 Å². The van der Waals surface area contributed by atoms with E-state index in [-0.39, 0.29) is 28.1 Å². The second-order valence-electron chi connectivity index (χ2n) is 11.2. The van der Waals surface area contributed by atoms with Crippen molar-refractivity contribution in [2.75, 3.05) is 5.32 Å². The van der Waals surface area contributed by atoms with Crippen molar-refractivity contribution >= 4 is 31.8 Å². The van der Waals surface area contributed by atoms with Gasteiger partial charge in [0.15, 0.2) is 14.5 Å². The Morgan fingerprint density at radius 1 is 1.26 bits per heavy atom. The first-order chi connectivity index (χ1) is 16.4. The van der Waals surface area contributed by atoms with E-state index < -0.39 is 25.8 Å². The molecular formula is C26H37N3O4SSi. The van der Waals surface area contributed by atoms with Gasteiger partial charge in [-0.05, 0) is 62.0 Å². The van der Waals surface area contributed by atoms with Crippen molar-refractivity contribution in [3.05, 3.63) is 53.1 Å². The van der Waals surface area contributed by atoms with E-state index in [9.17, 15) is 9.59 Å². The Morgan fingerprint density at radius 2 is 1.97 bits per heavy atom. The van der Waals surface area contributed by atoms with Crippen molar-refractivity contribution in [1.82, 2.24) is 9.55 Å². The number of thioether (sulfide) groups is 1. The van der Waals surface area contributed by atoms with Crippen molar-refractivity contribution < 1.29 is 14.0 Å². The third kappa shape index (κ3) is 5.58. The standard InChI is InChI=1S/C26H37N3O4SSi/c1-18(30)27-22-14-16-29(24(31)28-22)23-20(34-19-11-8-7-9-12-19)17-26(32-23)15-10-13-21(26)33-35(5,6)25(2,3)4/h7-9,11-12,14,16,20-21,23H,10,13,15,17H2,1-6H3,(H,27,28,30,31)/t20-,21+,23-,26+/m1/s1. The van der Waals surface area contributed by atoms with Crippen molar-refractivity contribution in [2.24, 2.45) is 0 Å². The summed E-state index contributed by atoms with van der Waals surface area (Å²) in [4.78, 5) is 29.7. The number of hydrogen-bond acceptors (Lipinski definition) is 6. The summed E-state index contributed by atoms with van der Waals surface area (Å²) in [6.45, 7) is 12.7. The Hall–Kier alpha value is -1.94. The zero-order valence-corrected chi connectivity index (χ0v) is 23.4. The highest BCUT2D eigenvalue weighted by atomic mass is 32.2. The minimum atomic E-state index is -2.00. The topological polar surface area (TPSA) is 82.5 Å². The molecular weight excluding hydrogens is 478 g/mol. The molecule has 4 atom stereocenters. The van der Waals surface area contributed by atoms with E-state index in [1.54, 1.807) is 28.6 Å². The lowest BCUT2D eigenvalue weighted by molar-refractivity contribution is -0.116. The predicted octanol–water partition coefficient (Wildman–Crippen LogP) is 5.59. The zero-order valence-electron chi connectivity index (χ0n) is 21.5. The number of aromatic nitrogens is 2. The Balaban J connectivity index is 1.67. The molecule has 1 aromatic heterocycles. The van der Waals surface area contributed by atoms with E-state index in [2.05, 4.69) is 56.3 Å². The molecule has 35 heavy (non-hydrogen) atoms. The molecule has 2 heterocycles. The second-order valence-corrected chi connectivity index (χ2v) is 17.3. The summed E-state index contributed by atoms with van der Waals surface area (Å²) < 4.78 is 15.4. The van der Waals surface area contributed by atoms with E-state index in [4.69, 9.17) is 9.16 Å². The van der Waals surface area contributed by atoms with Gasteiger partial charge in [0.25, 0.3) is 0 Å². The number of carbonyl (C=O) groups is 1. The minimum absolute atomic E-state index is 0.00887. The third-order valence-corrected chi connectivity index (χ3v) is 13.3. The Bertz CT molecular complexity index is 1120. The molecule has 1 aromatic carbocycles. The number of nitrogens with one attached hydrogen (secondary N) is 1. The Labute approximate surface area is 213 Å². The Morgan fingerprint density at radius 3 is 2.60 bits per heavy atom. The van der Waals surface area contributed by atoms with Crippen molar-refractivity contribution in [2.45, 2.75) is 99.6 Å². The van der Waals surface area contributed by atoms with Gasteiger partial charge in [-0.3, -0.25) is 9.36 Å². The van der Waals surface area contributed by atoms with Gasteiger partial charge < -0.3 is 14.5 Å². The van der Waals surface area contributed by atoms with Gasteiger partial charge in [0.1, 0.15) is 5.82 Å². The summed E-state index contributed by atoms with van der Waals surface area (Å²) >= 11 is 1.74.